The van der Waals surface area contributed by atoms with Crippen molar-refractivity contribution in [2.24, 2.45) is 0 Å². The lowest BCUT2D eigenvalue weighted by Crippen LogP contribution is -2.40. The molecule has 0 fully saturated rings. The fourth-order valence-corrected chi connectivity index (χ4v) is 4.10. The minimum atomic E-state index is -3.90. The molecule has 35 heavy (non-hydrogen) atoms. The standard InChI is InChI=1S/C26H31NO7S/c1-6-10-23(34-35(5,30)31)26(29)27-21(17-24(28)32-4)19-12-9-13-20(16-19)25-18(3)11-8-14-22(25)33-15-7-2/h6-9,11-14,16,21,23H,1-2,10,15,17H2,3-5H3,(H,27,29)/t21-,23+/m0/s1. The predicted octanol–water partition coefficient (Wildman–Crippen LogP) is 3.87. The van der Waals surface area contributed by atoms with Crippen molar-refractivity contribution in [2.45, 2.75) is 31.9 Å². The summed E-state index contributed by atoms with van der Waals surface area (Å²) in [7, 11) is -2.65. The number of carbonyl (C=O) groups excluding carboxylic acids is 2. The molecular weight excluding hydrogens is 470 g/mol. The molecule has 0 aliphatic heterocycles. The van der Waals surface area contributed by atoms with Gasteiger partial charge in [-0.2, -0.15) is 8.42 Å². The maximum atomic E-state index is 12.9. The van der Waals surface area contributed by atoms with E-state index in [1.165, 1.54) is 13.2 Å². The van der Waals surface area contributed by atoms with Crippen LogP contribution in [0, 0.1) is 6.92 Å². The van der Waals surface area contributed by atoms with Crippen LogP contribution >= 0.6 is 0 Å². The summed E-state index contributed by atoms with van der Waals surface area (Å²) in [5.41, 5.74) is 3.28. The SMILES string of the molecule is C=CCOc1cccc(C)c1-c1cccc([C@H](CC(=O)OC)NC(=O)[C@@H](CC=C)OS(C)(=O)=O)c1. The molecular formula is C26H31NO7S. The van der Waals surface area contributed by atoms with Gasteiger partial charge in [0, 0.05) is 12.0 Å². The Labute approximate surface area is 206 Å². The molecule has 0 aromatic heterocycles. The smallest absolute Gasteiger partial charge is 0.307 e. The summed E-state index contributed by atoms with van der Waals surface area (Å²) in [6, 6.07) is 12.2. The third-order valence-electron chi connectivity index (χ3n) is 5.05. The molecule has 0 saturated carbocycles. The summed E-state index contributed by atoms with van der Waals surface area (Å²) >= 11 is 0. The van der Waals surface area contributed by atoms with Gasteiger partial charge in [0.2, 0.25) is 0 Å². The average Bonchev–Trinajstić information content (AvgIpc) is 2.81. The van der Waals surface area contributed by atoms with Gasteiger partial charge < -0.3 is 14.8 Å². The van der Waals surface area contributed by atoms with Crippen LogP contribution in [0.2, 0.25) is 0 Å². The number of aryl methyl sites for hydroxylation is 1. The Kier molecular flexibility index (Phi) is 10.2. The Balaban J connectivity index is 2.46. The van der Waals surface area contributed by atoms with E-state index in [9.17, 15) is 18.0 Å². The van der Waals surface area contributed by atoms with Crippen LogP contribution in [-0.2, 0) is 28.6 Å². The van der Waals surface area contributed by atoms with Gasteiger partial charge in [-0.25, -0.2) is 0 Å². The lowest BCUT2D eigenvalue weighted by Gasteiger charge is -2.22. The molecule has 0 heterocycles. The maximum Gasteiger partial charge on any atom is 0.307 e. The van der Waals surface area contributed by atoms with Crippen LogP contribution in [0.4, 0.5) is 0 Å². The first-order chi connectivity index (χ1) is 16.6. The van der Waals surface area contributed by atoms with Crippen molar-refractivity contribution in [3.05, 3.63) is 78.9 Å². The van der Waals surface area contributed by atoms with E-state index in [-0.39, 0.29) is 12.8 Å². The molecule has 188 valence electrons. The van der Waals surface area contributed by atoms with Crippen molar-refractivity contribution < 1.29 is 31.7 Å². The van der Waals surface area contributed by atoms with Crippen LogP contribution in [0.5, 0.6) is 5.75 Å². The second-order valence-corrected chi connectivity index (χ2v) is 9.43. The summed E-state index contributed by atoms with van der Waals surface area (Å²) in [5.74, 6) is -0.570. The highest BCUT2D eigenvalue weighted by atomic mass is 32.2. The van der Waals surface area contributed by atoms with E-state index in [1.807, 2.05) is 37.3 Å². The summed E-state index contributed by atoms with van der Waals surface area (Å²) < 4.78 is 38.8. The minimum absolute atomic E-state index is 0.0307. The van der Waals surface area contributed by atoms with E-state index < -0.39 is 34.1 Å². The fraction of sp³-hybridized carbons (Fsp3) is 0.308. The molecule has 2 aromatic carbocycles. The van der Waals surface area contributed by atoms with E-state index in [1.54, 1.807) is 18.2 Å². The Morgan fingerprint density at radius 2 is 1.83 bits per heavy atom. The number of amides is 1. The molecule has 2 rings (SSSR count). The number of ether oxygens (including phenoxy) is 2. The van der Waals surface area contributed by atoms with Crippen molar-refractivity contribution >= 4 is 22.0 Å². The number of benzene rings is 2. The number of esters is 1. The fourth-order valence-electron chi connectivity index (χ4n) is 3.51. The quantitative estimate of drug-likeness (QED) is 0.252. The van der Waals surface area contributed by atoms with E-state index in [0.717, 1.165) is 22.9 Å². The van der Waals surface area contributed by atoms with Crippen LogP contribution in [0.25, 0.3) is 11.1 Å². The molecule has 0 unspecified atom stereocenters. The number of methoxy groups -OCH3 is 1. The Bertz CT molecular complexity index is 1170. The highest BCUT2D eigenvalue weighted by Gasteiger charge is 2.27. The van der Waals surface area contributed by atoms with Crippen molar-refractivity contribution in [1.29, 1.82) is 0 Å². The number of carbonyl (C=O) groups is 2. The van der Waals surface area contributed by atoms with Gasteiger partial charge in [-0.05, 0) is 35.7 Å². The number of hydrogen-bond donors (Lipinski definition) is 1. The molecule has 2 aromatic rings. The van der Waals surface area contributed by atoms with Crippen LogP contribution in [0.15, 0.2) is 67.8 Å². The van der Waals surface area contributed by atoms with E-state index in [4.69, 9.17) is 13.7 Å². The lowest BCUT2D eigenvalue weighted by molar-refractivity contribution is -0.141. The highest BCUT2D eigenvalue weighted by Crippen LogP contribution is 2.35. The Morgan fingerprint density at radius 3 is 2.46 bits per heavy atom. The van der Waals surface area contributed by atoms with Gasteiger partial charge in [-0.15, -0.1) is 6.58 Å². The molecule has 2 atom stereocenters. The van der Waals surface area contributed by atoms with Crippen LogP contribution in [-0.4, -0.2) is 46.4 Å². The summed E-state index contributed by atoms with van der Waals surface area (Å²) in [4.78, 5) is 25.1. The van der Waals surface area contributed by atoms with Crippen molar-refractivity contribution in [2.75, 3.05) is 20.0 Å². The normalized spacial score (nSPS) is 12.8. The first-order valence-corrected chi connectivity index (χ1v) is 12.7. The first-order valence-electron chi connectivity index (χ1n) is 10.9. The number of rotatable bonds is 13. The zero-order valence-corrected chi connectivity index (χ0v) is 21.0. The minimum Gasteiger partial charge on any atom is -0.489 e. The number of hydrogen-bond acceptors (Lipinski definition) is 7. The Hall–Kier alpha value is -3.43. The maximum absolute atomic E-state index is 12.9. The largest absolute Gasteiger partial charge is 0.489 e. The highest BCUT2D eigenvalue weighted by molar-refractivity contribution is 7.86. The average molecular weight is 502 g/mol. The molecule has 0 radical (unpaired) electrons. The summed E-state index contributed by atoms with van der Waals surface area (Å²) in [6.45, 7) is 9.53. The van der Waals surface area contributed by atoms with Gasteiger partial charge in [0.05, 0.1) is 25.8 Å². The second-order valence-electron chi connectivity index (χ2n) is 7.83. The lowest BCUT2D eigenvalue weighted by atomic mass is 9.94. The third kappa shape index (κ3) is 8.38. The monoisotopic (exact) mass is 501 g/mol. The molecule has 1 N–H and O–H groups in total. The first kappa shape index (κ1) is 27.8. The molecule has 8 nitrogen and oxygen atoms in total. The van der Waals surface area contributed by atoms with Crippen molar-refractivity contribution in [3.63, 3.8) is 0 Å². The second kappa shape index (κ2) is 12.9. The van der Waals surface area contributed by atoms with Gasteiger partial charge >= 0.3 is 5.97 Å². The van der Waals surface area contributed by atoms with Gasteiger partial charge in [0.15, 0.2) is 6.10 Å². The van der Waals surface area contributed by atoms with Gasteiger partial charge in [-0.3, -0.25) is 13.8 Å². The Morgan fingerprint density at radius 1 is 1.11 bits per heavy atom. The molecule has 0 spiro atoms. The molecule has 1 amide bonds. The summed E-state index contributed by atoms with van der Waals surface area (Å²) in [5, 5.41) is 2.73. The predicted molar refractivity (Wildman–Crippen MR) is 134 cm³/mol. The van der Waals surface area contributed by atoms with E-state index >= 15 is 0 Å². The van der Waals surface area contributed by atoms with Crippen molar-refractivity contribution in [1.82, 2.24) is 5.32 Å². The molecule has 0 bridgehead atoms. The van der Waals surface area contributed by atoms with Gasteiger partial charge in [0.25, 0.3) is 16.0 Å². The van der Waals surface area contributed by atoms with Crippen LogP contribution < -0.4 is 10.1 Å². The zero-order valence-electron chi connectivity index (χ0n) is 20.2. The molecule has 0 aliphatic carbocycles. The topological polar surface area (TPSA) is 108 Å². The zero-order chi connectivity index (χ0) is 26.0. The molecule has 9 heteroatoms. The van der Waals surface area contributed by atoms with E-state index in [0.29, 0.717) is 17.9 Å². The molecule has 0 saturated heterocycles. The third-order valence-corrected chi connectivity index (χ3v) is 5.63. The van der Waals surface area contributed by atoms with Gasteiger partial charge in [-0.1, -0.05) is 49.1 Å². The number of nitrogens with one attached hydrogen (secondary N) is 1. The van der Waals surface area contributed by atoms with Crippen LogP contribution in [0.1, 0.15) is 30.0 Å². The van der Waals surface area contributed by atoms with Crippen molar-refractivity contribution in [3.8, 4) is 16.9 Å². The van der Waals surface area contributed by atoms with Gasteiger partial charge in [0.1, 0.15) is 12.4 Å². The van der Waals surface area contributed by atoms with Crippen LogP contribution in [0.3, 0.4) is 0 Å². The molecule has 0 aliphatic rings. The summed E-state index contributed by atoms with van der Waals surface area (Å²) in [6.07, 6.45) is 2.38. The van der Waals surface area contributed by atoms with E-state index in [2.05, 4.69) is 18.5 Å².